The molecule has 7 heteroatoms. The van der Waals surface area contributed by atoms with Crippen LogP contribution in [0.2, 0.25) is 0 Å². The number of hydrogen-bond donors (Lipinski definition) is 0. The second kappa shape index (κ2) is 11.9. The van der Waals surface area contributed by atoms with E-state index in [1.807, 2.05) is 48.8 Å². The van der Waals surface area contributed by atoms with Crippen LogP contribution in [0, 0.1) is 0 Å². The van der Waals surface area contributed by atoms with Gasteiger partial charge in [-0.3, -0.25) is 19.9 Å². The van der Waals surface area contributed by atoms with E-state index in [2.05, 4.69) is 92.7 Å². The smallest absolute Gasteiger partial charge is 0.760 e. The molecule has 0 radical (unpaired) electrons. The molecular formula is C32H20N4PtS2. The largest absolute Gasteiger partial charge is 2.00 e. The first-order valence-electron chi connectivity index (χ1n) is 12.1. The molecule has 0 spiro atoms. The van der Waals surface area contributed by atoms with Crippen molar-refractivity contribution in [2.45, 2.75) is 10.1 Å². The van der Waals surface area contributed by atoms with Crippen LogP contribution in [0.25, 0.3) is 55.1 Å². The average molecular weight is 720 g/mol. The molecule has 4 aromatic carbocycles. The molecule has 0 saturated heterocycles. The second-order valence-electron chi connectivity index (χ2n) is 8.63. The van der Waals surface area contributed by atoms with Crippen molar-refractivity contribution in [3.8, 4) is 22.3 Å². The Bertz CT molecular complexity index is 1760. The number of rotatable bonds is 2. The number of para-hydroxylation sites is 2. The molecular weight excluding hydrogens is 700 g/mol. The summed E-state index contributed by atoms with van der Waals surface area (Å²) in [7, 11) is 0. The molecule has 0 unspecified atom stereocenters. The summed E-state index contributed by atoms with van der Waals surface area (Å²) in [6.07, 6.45) is 3.75. The Morgan fingerprint density at radius 3 is 1.23 bits per heavy atom. The number of hydrogen-bond acceptors (Lipinski definition) is 6. The average Bonchev–Trinajstić information content (AvgIpc) is 2.98. The van der Waals surface area contributed by atoms with Crippen LogP contribution in [-0.4, -0.2) is 19.9 Å². The van der Waals surface area contributed by atoms with Crippen LogP contribution in [0.15, 0.2) is 132 Å². The molecule has 4 nitrogen and oxygen atoms in total. The quantitative estimate of drug-likeness (QED) is 0.136. The summed E-state index contributed by atoms with van der Waals surface area (Å²) in [5.41, 5.74) is 8.25. The molecule has 39 heavy (non-hydrogen) atoms. The van der Waals surface area contributed by atoms with E-state index >= 15 is 0 Å². The van der Waals surface area contributed by atoms with Gasteiger partial charge in [0.25, 0.3) is 0 Å². The van der Waals surface area contributed by atoms with Crippen molar-refractivity contribution in [1.82, 2.24) is 19.9 Å². The Kier molecular flexibility index (Phi) is 8.18. The van der Waals surface area contributed by atoms with Crippen molar-refractivity contribution < 1.29 is 21.1 Å². The fourth-order valence-electron chi connectivity index (χ4n) is 4.53. The van der Waals surface area contributed by atoms with Crippen molar-refractivity contribution in [3.05, 3.63) is 122 Å². The molecule has 0 amide bonds. The summed E-state index contributed by atoms with van der Waals surface area (Å²) in [5.74, 6) is 0. The zero-order valence-electron chi connectivity index (χ0n) is 20.5. The first kappa shape index (κ1) is 26.8. The third-order valence-electron chi connectivity index (χ3n) is 6.30. The van der Waals surface area contributed by atoms with Crippen LogP contribution in [-0.2, 0) is 46.3 Å². The van der Waals surface area contributed by atoms with Gasteiger partial charge in [-0.1, -0.05) is 95.0 Å². The van der Waals surface area contributed by atoms with Crippen LogP contribution < -0.4 is 0 Å². The van der Waals surface area contributed by atoms with E-state index < -0.39 is 0 Å². The molecule has 0 aliphatic heterocycles. The summed E-state index contributed by atoms with van der Waals surface area (Å²) in [6, 6.07) is 36.9. The predicted octanol–water partition coefficient (Wildman–Crippen LogP) is 7.56. The first-order valence-corrected chi connectivity index (χ1v) is 12.9. The standard InChI is InChI=1S/C24H16N2.C8H6N2S2.Pt/c1-3-7-17(8-4-1)19-13-15-25-23-21(19)11-12-22-20(14-16-26-24(22)23)18-9-5-2-6-10-18;11-7-8(12)10-6-4-2-1-3-5(6)9-7;/h1-16H;1-4H,(H,9,11)(H,10,12);/q;;+2/p-2. The predicted molar refractivity (Wildman–Crippen MR) is 159 cm³/mol. The molecule has 0 fully saturated rings. The van der Waals surface area contributed by atoms with Gasteiger partial charge in [0.05, 0.1) is 22.1 Å². The molecule has 0 N–H and O–H groups in total. The Labute approximate surface area is 251 Å². The maximum atomic E-state index is 4.90. The minimum Gasteiger partial charge on any atom is -0.760 e. The Hall–Kier alpha value is -3.83. The van der Waals surface area contributed by atoms with Gasteiger partial charge in [0, 0.05) is 23.2 Å². The number of fused-ring (bicyclic) bond motifs is 4. The van der Waals surface area contributed by atoms with E-state index in [1.54, 1.807) is 0 Å². The molecule has 0 saturated carbocycles. The topological polar surface area (TPSA) is 51.6 Å². The summed E-state index contributed by atoms with van der Waals surface area (Å²) in [5, 5.41) is 3.07. The number of aromatic nitrogens is 4. The van der Waals surface area contributed by atoms with Gasteiger partial charge >= 0.3 is 21.1 Å². The Morgan fingerprint density at radius 1 is 0.436 bits per heavy atom. The van der Waals surface area contributed by atoms with Gasteiger partial charge in [-0.05, 0) is 46.5 Å². The van der Waals surface area contributed by atoms with Crippen LogP contribution in [0.1, 0.15) is 0 Å². The van der Waals surface area contributed by atoms with Crippen molar-refractivity contribution >= 4 is 58.1 Å². The monoisotopic (exact) mass is 719 g/mol. The van der Waals surface area contributed by atoms with Crippen LogP contribution in [0.5, 0.6) is 0 Å². The molecule has 0 bridgehead atoms. The minimum absolute atomic E-state index is 0. The van der Waals surface area contributed by atoms with Crippen molar-refractivity contribution in [2.24, 2.45) is 0 Å². The summed E-state index contributed by atoms with van der Waals surface area (Å²) in [6.45, 7) is 0. The van der Waals surface area contributed by atoms with Gasteiger partial charge in [-0.15, -0.1) is 0 Å². The molecule has 190 valence electrons. The van der Waals surface area contributed by atoms with Gasteiger partial charge in [0.15, 0.2) is 0 Å². The van der Waals surface area contributed by atoms with Gasteiger partial charge < -0.3 is 25.3 Å². The van der Waals surface area contributed by atoms with Crippen molar-refractivity contribution in [1.29, 1.82) is 0 Å². The van der Waals surface area contributed by atoms with Gasteiger partial charge in [-0.2, -0.15) is 0 Å². The minimum atomic E-state index is 0. The second-order valence-corrected chi connectivity index (χ2v) is 9.40. The van der Waals surface area contributed by atoms with E-state index in [0.29, 0.717) is 10.1 Å². The fourth-order valence-corrected chi connectivity index (χ4v) is 4.82. The third-order valence-corrected chi connectivity index (χ3v) is 7.00. The van der Waals surface area contributed by atoms with Crippen molar-refractivity contribution in [3.63, 3.8) is 0 Å². The fraction of sp³-hybridized carbons (Fsp3) is 0. The molecule has 3 heterocycles. The SMILES string of the molecule is [Pt+2].[S-]c1nc2ccccc2nc1[S-].c1ccc(-c2ccnc3c2ccc2c(-c4ccccc4)ccnc23)cc1. The van der Waals surface area contributed by atoms with Crippen LogP contribution in [0.4, 0.5) is 0 Å². The first-order chi connectivity index (χ1) is 18.7. The van der Waals surface area contributed by atoms with E-state index in [1.165, 1.54) is 22.3 Å². The zero-order valence-corrected chi connectivity index (χ0v) is 24.4. The number of nitrogens with zero attached hydrogens (tertiary/aromatic N) is 4. The van der Waals surface area contributed by atoms with E-state index in [9.17, 15) is 0 Å². The zero-order chi connectivity index (χ0) is 25.9. The molecule has 0 aliphatic rings. The molecule has 3 aromatic heterocycles. The maximum absolute atomic E-state index is 4.90. The maximum Gasteiger partial charge on any atom is 2.00 e. The molecule has 0 atom stereocenters. The van der Waals surface area contributed by atoms with Gasteiger partial charge in [-0.25, -0.2) is 0 Å². The summed E-state index contributed by atoms with van der Waals surface area (Å²) < 4.78 is 0. The normalized spacial score (nSPS) is 10.6. The van der Waals surface area contributed by atoms with E-state index in [4.69, 9.17) is 25.3 Å². The van der Waals surface area contributed by atoms with Crippen LogP contribution >= 0.6 is 0 Å². The van der Waals surface area contributed by atoms with E-state index in [0.717, 1.165) is 32.8 Å². The summed E-state index contributed by atoms with van der Waals surface area (Å²) >= 11 is 9.81. The van der Waals surface area contributed by atoms with Gasteiger partial charge in [0.2, 0.25) is 0 Å². The Morgan fingerprint density at radius 2 is 0.821 bits per heavy atom. The number of pyridine rings is 2. The van der Waals surface area contributed by atoms with E-state index in [-0.39, 0.29) is 21.1 Å². The van der Waals surface area contributed by atoms with Gasteiger partial charge in [0.1, 0.15) is 0 Å². The molecule has 7 aromatic rings. The molecule has 7 rings (SSSR count). The summed E-state index contributed by atoms with van der Waals surface area (Å²) in [4.78, 5) is 17.6. The number of benzene rings is 4. The third kappa shape index (κ3) is 5.50. The van der Waals surface area contributed by atoms with Crippen LogP contribution in [0.3, 0.4) is 0 Å². The molecule has 0 aliphatic carbocycles. The Balaban J connectivity index is 0.000000200. The van der Waals surface area contributed by atoms with Crippen molar-refractivity contribution in [2.75, 3.05) is 0 Å².